The Morgan fingerprint density at radius 3 is 2.74 bits per heavy atom. The van der Waals surface area contributed by atoms with Crippen molar-refractivity contribution in [3.63, 3.8) is 0 Å². The summed E-state index contributed by atoms with van der Waals surface area (Å²) in [6, 6.07) is 10.4. The van der Waals surface area contributed by atoms with E-state index in [9.17, 15) is 0 Å². The highest BCUT2D eigenvalue weighted by molar-refractivity contribution is 5.80. The molecule has 0 spiro atoms. The fourth-order valence-corrected chi connectivity index (χ4v) is 3.20. The minimum atomic E-state index is 0.579. The number of nitrogens with one attached hydrogen (secondary N) is 1. The average molecular weight is 376 g/mol. The standard InChI is InChI=1S/C22H37N3O2/c1-3-5-15-26-16-9-13-24-22(23-4-2)25-14-12-21(17-25)19-27-18-20-10-7-6-8-11-20/h6-8,10-11,21H,3-5,9,12-19H2,1-2H3,(H,23,24). The predicted molar refractivity (Wildman–Crippen MR) is 112 cm³/mol. The van der Waals surface area contributed by atoms with Crippen molar-refractivity contribution in [2.45, 2.75) is 46.1 Å². The maximum atomic E-state index is 5.93. The topological polar surface area (TPSA) is 46.1 Å². The van der Waals surface area contributed by atoms with Crippen molar-refractivity contribution >= 4 is 5.96 Å². The normalized spacial score (nSPS) is 17.5. The van der Waals surface area contributed by atoms with Gasteiger partial charge in [0.25, 0.3) is 0 Å². The Hall–Kier alpha value is -1.59. The third-order valence-electron chi connectivity index (χ3n) is 4.74. The predicted octanol–water partition coefficient (Wildman–Crippen LogP) is 3.70. The van der Waals surface area contributed by atoms with Crippen molar-refractivity contribution in [3.05, 3.63) is 35.9 Å². The number of benzene rings is 1. The van der Waals surface area contributed by atoms with Crippen LogP contribution in [0.5, 0.6) is 0 Å². The first kappa shape index (κ1) is 21.7. The van der Waals surface area contributed by atoms with Gasteiger partial charge in [-0.05, 0) is 31.7 Å². The van der Waals surface area contributed by atoms with Gasteiger partial charge in [0.15, 0.2) is 5.96 Å². The molecule has 2 rings (SSSR count). The summed E-state index contributed by atoms with van der Waals surface area (Å²) >= 11 is 0. The van der Waals surface area contributed by atoms with E-state index in [0.29, 0.717) is 12.5 Å². The lowest BCUT2D eigenvalue weighted by Crippen LogP contribution is -2.40. The van der Waals surface area contributed by atoms with Crippen LogP contribution in [0.2, 0.25) is 0 Å². The van der Waals surface area contributed by atoms with Crippen LogP contribution in [0.15, 0.2) is 35.3 Å². The summed E-state index contributed by atoms with van der Waals surface area (Å²) in [4.78, 5) is 7.16. The SMILES string of the molecule is CCCCOCCCN=C(NCC)N1CCC(COCc2ccccc2)C1. The molecule has 1 aliphatic heterocycles. The fraction of sp³-hybridized carbons (Fsp3) is 0.682. The molecule has 1 aliphatic rings. The third kappa shape index (κ3) is 8.76. The first-order valence-corrected chi connectivity index (χ1v) is 10.6. The molecular weight excluding hydrogens is 338 g/mol. The zero-order chi connectivity index (χ0) is 19.2. The van der Waals surface area contributed by atoms with Gasteiger partial charge in [-0.25, -0.2) is 0 Å². The van der Waals surface area contributed by atoms with Gasteiger partial charge in [-0.1, -0.05) is 43.7 Å². The molecule has 1 unspecified atom stereocenters. The van der Waals surface area contributed by atoms with Gasteiger partial charge < -0.3 is 19.7 Å². The first-order valence-electron chi connectivity index (χ1n) is 10.6. The number of rotatable bonds is 12. The van der Waals surface area contributed by atoms with Crippen molar-refractivity contribution in [2.75, 3.05) is 46.0 Å². The monoisotopic (exact) mass is 375 g/mol. The summed E-state index contributed by atoms with van der Waals surface area (Å²) < 4.78 is 11.6. The Morgan fingerprint density at radius 1 is 1.15 bits per heavy atom. The molecule has 5 nitrogen and oxygen atoms in total. The number of hydrogen-bond donors (Lipinski definition) is 1. The fourth-order valence-electron chi connectivity index (χ4n) is 3.20. The number of unbranched alkanes of at least 4 members (excludes halogenated alkanes) is 1. The summed E-state index contributed by atoms with van der Waals surface area (Å²) in [5.41, 5.74) is 1.24. The summed E-state index contributed by atoms with van der Waals surface area (Å²) in [5, 5.41) is 3.43. The Morgan fingerprint density at radius 2 is 1.96 bits per heavy atom. The molecule has 1 saturated heterocycles. The van der Waals surface area contributed by atoms with Crippen LogP contribution in [0.1, 0.15) is 45.1 Å². The van der Waals surface area contributed by atoms with Crippen LogP contribution < -0.4 is 5.32 Å². The zero-order valence-corrected chi connectivity index (χ0v) is 17.2. The van der Waals surface area contributed by atoms with Crippen molar-refractivity contribution in [1.29, 1.82) is 0 Å². The van der Waals surface area contributed by atoms with Gasteiger partial charge in [-0.3, -0.25) is 4.99 Å². The Labute approximate surface area is 165 Å². The van der Waals surface area contributed by atoms with Crippen LogP contribution in [0.3, 0.4) is 0 Å². The minimum absolute atomic E-state index is 0.579. The van der Waals surface area contributed by atoms with Gasteiger partial charge in [0.1, 0.15) is 0 Å². The van der Waals surface area contributed by atoms with Crippen LogP contribution in [0.4, 0.5) is 0 Å². The van der Waals surface area contributed by atoms with Gasteiger partial charge in [0.05, 0.1) is 13.2 Å². The van der Waals surface area contributed by atoms with E-state index >= 15 is 0 Å². The number of ether oxygens (including phenoxy) is 2. The van der Waals surface area contributed by atoms with Crippen molar-refractivity contribution in [1.82, 2.24) is 10.2 Å². The van der Waals surface area contributed by atoms with E-state index < -0.39 is 0 Å². The number of aliphatic imine (C=N–C) groups is 1. The largest absolute Gasteiger partial charge is 0.381 e. The van der Waals surface area contributed by atoms with Crippen molar-refractivity contribution < 1.29 is 9.47 Å². The molecule has 0 aliphatic carbocycles. The summed E-state index contributed by atoms with van der Waals surface area (Å²) in [7, 11) is 0. The molecule has 0 amide bonds. The Balaban J connectivity index is 1.66. The van der Waals surface area contributed by atoms with E-state index in [1.165, 1.54) is 18.4 Å². The maximum absolute atomic E-state index is 5.93. The molecule has 152 valence electrons. The lowest BCUT2D eigenvalue weighted by atomic mass is 10.1. The van der Waals surface area contributed by atoms with Gasteiger partial charge in [0.2, 0.25) is 0 Å². The van der Waals surface area contributed by atoms with Gasteiger partial charge in [-0.2, -0.15) is 0 Å². The van der Waals surface area contributed by atoms with E-state index in [1.807, 2.05) is 6.07 Å². The maximum Gasteiger partial charge on any atom is 0.193 e. The molecule has 1 atom stereocenters. The van der Waals surface area contributed by atoms with Crippen LogP contribution in [-0.2, 0) is 16.1 Å². The van der Waals surface area contributed by atoms with Gasteiger partial charge >= 0.3 is 0 Å². The molecule has 0 radical (unpaired) electrons. The molecule has 1 N–H and O–H groups in total. The lowest BCUT2D eigenvalue weighted by Gasteiger charge is -2.21. The highest BCUT2D eigenvalue weighted by atomic mass is 16.5. The molecule has 0 saturated carbocycles. The van der Waals surface area contributed by atoms with E-state index in [1.54, 1.807) is 0 Å². The van der Waals surface area contributed by atoms with Crippen LogP contribution in [0, 0.1) is 5.92 Å². The zero-order valence-electron chi connectivity index (χ0n) is 17.2. The summed E-state index contributed by atoms with van der Waals surface area (Å²) in [5.74, 6) is 1.62. The second kappa shape index (κ2) is 13.6. The molecular formula is C22H37N3O2. The molecule has 1 aromatic rings. The van der Waals surface area contributed by atoms with Crippen molar-refractivity contribution in [2.24, 2.45) is 10.9 Å². The molecule has 1 aromatic carbocycles. The van der Waals surface area contributed by atoms with E-state index in [0.717, 1.165) is 64.8 Å². The van der Waals surface area contributed by atoms with Gasteiger partial charge in [-0.15, -0.1) is 0 Å². The number of guanidine groups is 1. The van der Waals surface area contributed by atoms with Crippen LogP contribution >= 0.6 is 0 Å². The molecule has 1 heterocycles. The Bertz CT molecular complexity index is 522. The van der Waals surface area contributed by atoms with Crippen LogP contribution in [-0.4, -0.2) is 56.9 Å². The number of hydrogen-bond acceptors (Lipinski definition) is 3. The number of likely N-dealkylation sites (tertiary alicyclic amines) is 1. The highest BCUT2D eigenvalue weighted by Crippen LogP contribution is 2.17. The quantitative estimate of drug-likeness (QED) is 0.344. The highest BCUT2D eigenvalue weighted by Gasteiger charge is 2.24. The van der Waals surface area contributed by atoms with Gasteiger partial charge in [0, 0.05) is 45.3 Å². The molecule has 5 heteroatoms. The molecule has 0 aromatic heterocycles. The lowest BCUT2D eigenvalue weighted by molar-refractivity contribution is 0.0906. The van der Waals surface area contributed by atoms with E-state index in [2.05, 4.69) is 48.3 Å². The second-order valence-electron chi connectivity index (χ2n) is 7.16. The third-order valence-corrected chi connectivity index (χ3v) is 4.74. The minimum Gasteiger partial charge on any atom is -0.381 e. The Kier molecular flexibility index (Phi) is 10.9. The second-order valence-corrected chi connectivity index (χ2v) is 7.16. The van der Waals surface area contributed by atoms with Crippen molar-refractivity contribution in [3.8, 4) is 0 Å². The van der Waals surface area contributed by atoms with E-state index in [-0.39, 0.29) is 0 Å². The molecule has 0 bridgehead atoms. The number of nitrogens with zero attached hydrogens (tertiary/aromatic N) is 2. The smallest absolute Gasteiger partial charge is 0.193 e. The van der Waals surface area contributed by atoms with E-state index in [4.69, 9.17) is 14.5 Å². The summed E-state index contributed by atoms with van der Waals surface area (Å²) in [6.07, 6.45) is 4.48. The first-order chi connectivity index (χ1) is 13.3. The molecule has 1 fully saturated rings. The summed E-state index contributed by atoms with van der Waals surface area (Å²) in [6.45, 7) is 11.3. The molecule has 27 heavy (non-hydrogen) atoms. The van der Waals surface area contributed by atoms with Crippen LogP contribution in [0.25, 0.3) is 0 Å². The average Bonchev–Trinajstić information content (AvgIpc) is 3.16.